The maximum atomic E-state index is 13.4. The summed E-state index contributed by atoms with van der Waals surface area (Å²) < 4.78 is 31.4. The van der Waals surface area contributed by atoms with Crippen molar-refractivity contribution in [3.63, 3.8) is 0 Å². The van der Waals surface area contributed by atoms with E-state index in [0.29, 0.717) is 19.7 Å². The zero-order chi connectivity index (χ0) is 13.5. The summed E-state index contributed by atoms with van der Waals surface area (Å²) in [5, 5.41) is 2.81. The molecule has 4 nitrogen and oxygen atoms in total. The zero-order valence-corrected chi connectivity index (χ0v) is 10.7. The van der Waals surface area contributed by atoms with E-state index < -0.39 is 11.6 Å². The van der Waals surface area contributed by atoms with E-state index in [0.717, 1.165) is 12.6 Å². The fourth-order valence-electron chi connectivity index (χ4n) is 1.48. The first-order valence-electron chi connectivity index (χ1n) is 5.71. The van der Waals surface area contributed by atoms with Crippen LogP contribution in [0.3, 0.4) is 0 Å². The Morgan fingerprint density at radius 1 is 1.33 bits per heavy atom. The largest absolute Gasteiger partial charge is 0.397 e. The number of hydrogen-bond acceptors (Lipinski definition) is 4. The highest BCUT2D eigenvalue weighted by atomic mass is 19.2. The first-order valence-corrected chi connectivity index (χ1v) is 5.71. The molecule has 6 heteroatoms. The van der Waals surface area contributed by atoms with Crippen molar-refractivity contribution >= 4 is 11.4 Å². The van der Waals surface area contributed by atoms with E-state index in [2.05, 4.69) is 5.32 Å². The molecule has 102 valence electrons. The first-order chi connectivity index (χ1) is 8.56. The average molecular weight is 259 g/mol. The van der Waals surface area contributed by atoms with E-state index in [9.17, 15) is 8.78 Å². The summed E-state index contributed by atoms with van der Waals surface area (Å²) in [7, 11) is 3.56. The van der Waals surface area contributed by atoms with E-state index >= 15 is 0 Å². The molecule has 0 heterocycles. The second-order valence-electron chi connectivity index (χ2n) is 4.05. The number of halogens is 2. The summed E-state index contributed by atoms with van der Waals surface area (Å²) in [5.41, 5.74) is 5.81. The molecular weight excluding hydrogens is 240 g/mol. The highest BCUT2D eigenvalue weighted by Gasteiger charge is 2.11. The minimum atomic E-state index is -0.936. The SMILES string of the molecule is COCCN(C)CCNc1c(N)ccc(F)c1F. The highest BCUT2D eigenvalue weighted by Crippen LogP contribution is 2.24. The number of methoxy groups -OCH3 is 1. The van der Waals surface area contributed by atoms with E-state index in [1.54, 1.807) is 7.11 Å². The van der Waals surface area contributed by atoms with Gasteiger partial charge in [0.2, 0.25) is 0 Å². The second-order valence-corrected chi connectivity index (χ2v) is 4.05. The summed E-state index contributed by atoms with van der Waals surface area (Å²) in [6.07, 6.45) is 0. The van der Waals surface area contributed by atoms with Crippen molar-refractivity contribution in [2.75, 3.05) is 51.4 Å². The van der Waals surface area contributed by atoms with Crippen LogP contribution in [0.25, 0.3) is 0 Å². The third-order valence-electron chi connectivity index (χ3n) is 2.60. The lowest BCUT2D eigenvalue weighted by atomic mass is 10.2. The minimum absolute atomic E-state index is 0.0233. The van der Waals surface area contributed by atoms with Crippen LogP contribution < -0.4 is 11.1 Å². The van der Waals surface area contributed by atoms with E-state index in [4.69, 9.17) is 10.5 Å². The Labute approximate surface area is 106 Å². The molecule has 1 aromatic rings. The van der Waals surface area contributed by atoms with Crippen LogP contribution in [-0.4, -0.2) is 45.3 Å². The maximum absolute atomic E-state index is 13.4. The number of benzene rings is 1. The van der Waals surface area contributed by atoms with Crippen molar-refractivity contribution in [1.82, 2.24) is 4.90 Å². The molecule has 0 unspecified atom stereocenters. The van der Waals surface area contributed by atoms with Gasteiger partial charge in [-0.1, -0.05) is 0 Å². The predicted molar refractivity (Wildman–Crippen MR) is 68.6 cm³/mol. The van der Waals surface area contributed by atoms with Gasteiger partial charge < -0.3 is 20.7 Å². The Morgan fingerprint density at radius 2 is 2.06 bits per heavy atom. The molecule has 0 spiro atoms. The van der Waals surface area contributed by atoms with Crippen LogP contribution in [0.5, 0.6) is 0 Å². The van der Waals surface area contributed by atoms with Gasteiger partial charge in [-0.15, -0.1) is 0 Å². The number of ether oxygens (including phenoxy) is 1. The van der Waals surface area contributed by atoms with Crippen LogP contribution in [0.4, 0.5) is 20.2 Å². The summed E-state index contributed by atoms with van der Waals surface area (Å²) in [4.78, 5) is 2.02. The average Bonchev–Trinajstić information content (AvgIpc) is 2.35. The van der Waals surface area contributed by atoms with Gasteiger partial charge >= 0.3 is 0 Å². The molecule has 0 aliphatic heterocycles. The van der Waals surface area contributed by atoms with Gasteiger partial charge in [-0.2, -0.15) is 0 Å². The standard InChI is InChI=1S/C12H19F2N3O/c1-17(7-8-18-2)6-5-16-12-10(15)4-3-9(13)11(12)14/h3-4,16H,5-8,15H2,1-2H3. The van der Waals surface area contributed by atoms with Gasteiger partial charge in [0.05, 0.1) is 18.0 Å². The van der Waals surface area contributed by atoms with Crippen LogP contribution in [0.1, 0.15) is 0 Å². The monoisotopic (exact) mass is 259 g/mol. The fraction of sp³-hybridized carbons (Fsp3) is 0.500. The van der Waals surface area contributed by atoms with Gasteiger partial charge in [-0.25, -0.2) is 8.78 Å². The molecule has 0 amide bonds. The van der Waals surface area contributed by atoms with Gasteiger partial charge in [-0.3, -0.25) is 0 Å². The Balaban J connectivity index is 2.46. The van der Waals surface area contributed by atoms with Crippen LogP contribution >= 0.6 is 0 Å². The molecule has 0 atom stereocenters. The van der Waals surface area contributed by atoms with E-state index in [1.165, 1.54) is 6.07 Å². The second kappa shape index (κ2) is 7.13. The number of nitrogens with one attached hydrogen (secondary N) is 1. The number of rotatable bonds is 7. The van der Waals surface area contributed by atoms with Gasteiger partial charge in [0.1, 0.15) is 0 Å². The molecule has 0 aliphatic rings. The fourth-order valence-corrected chi connectivity index (χ4v) is 1.48. The Kier molecular flexibility index (Phi) is 5.80. The number of hydrogen-bond donors (Lipinski definition) is 2. The van der Waals surface area contributed by atoms with Gasteiger partial charge in [-0.05, 0) is 19.2 Å². The highest BCUT2D eigenvalue weighted by molar-refractivity contribution is 5.66. The Morgan fingerprint density at radius 3 is 2.72 bits per heavy atom. The van der Waals surface area contributed by atoms with E-state index in [-0.39, 0.29) is 11.4 Å². The minimum Gasteiger partial charge on any atom is -0.397 e. The Bertz CT molecular complexity index is 388. The van der Waals surface area contributed by atoms with Crippen LogP contribution in [0.2, 0.25) is 0 Å². The van der Waals surface area contributed by atoms with Crippen LogP contribution in [0, 0.1) is 11.6 Å². The summed E-state index contributed by atoms with van der Waals surface area (Å²) in [6, 6.07) is 2.36. The smallest absolute Gasteiger partial charge is 0.183 e. The van der Waals surface area contributed by atoms with Crippen molar-refractivity contribution in [3.8, 4) is 0 Å². The lowest BCUT2D eigenvalue weighted by molar-refractivity contribution is 0.163. The van der Waals surface area contributed by atoms with Crippen molar-refractivity contribution in [1.29, 1.82) is 0 Å². The number of nitrogens with zero attached hydrogens (tertiary/aromatic N) is 1. The number of likely N-dealkylation sites (N-methyl/N-ethyl adjacent to an activating group) is 1. The van der Waals surface area contributed by atoms with Gasteiger partial charge in [0.15, 0.2) is 11.6 Å². The molecule has 0 fully saturated rings. The molecule has 0 aliphatic carbocycles. The first kappa shape index (κ1) is 14.7. The topological polar surface area (TPSA) is 50.5 Å². The van der Waals surface area contributed by atoms with Crippen LogP contribution in [0.15, 0.2) is 12.1 Å². The molecule has 0 aromatic heterocycles. The molecule has 0 radical (unpaired) electrons. The number of anilines is 2. The van der Waals surface area contributed by atoms with Crippen molar-refractivity contribution in [2.24, 2.45) is 0 Å². The molecule has 0 saturated heterocycles. The molecule has 1 aromatic carbocycles. The maximum Gasteiger partial charge on any atom is 0.183 e. The van der Waals surface area contributed by atoms with Gasteiger partial charge in [0.25, 0.3) is 0 Å². The summed E-state index contributed by atoms with van der Waals surface area (Å²) in [6.45, 7) is 2.57. The Hall–Kier alpha value is -1.40. The summed E-state index contributed by atoms with van der Waals surface area (Å²) in [5.74, 6) is -1.84. The number of nitrogen functional groups attached to an aromatic ring is 1. The lowest BCUT2D eigenvalue weighted by Crippen LogP contribution is -2.28. The third kappa shape index (κ3) is 4.12. The molecule has 0 saturated carbocycles. The predicted octanol–water partition coefficient (Wildman–Crippen LogP) is 1.54. The third-order valence-corrected chi connectivity index (χ3v) is 2.60. The van der Waals surface area contributed by atoms with Gasteiger partial charge in [0, 0.05) is 26.7 Å². The molecule has 3 N–H and O–H groups in total. The molecule has 0 bridgehead atoms. The van der Waals surface area contributed by atoms with Crippen molar-refractivity contribution < 1.29 is 13.5 Å². The number of nitrogens with two attached hydrogens (primary N) is 1. The molecular formula is C12H19F2N3O. The van der Waals surface area contributed by atoms with Crippen molar-refractivity contribution in [2.45, 2.75) is 0 Å². The molecule has 1 rings (SSSR count). The molecule has 18 heavy (non-hydrogen) atoms. The lowest BCUT2D eigenvalue weighted by Gasteiger charge is -2.17. The zero-order valence-electron chi connectivity index (χ0n) is 10.7. The van der Waals surface area contributed by atoms with Crippen LogP contribution in [-0.2, 0) is 4.74 Å². The van der Waals surface area contributed by atoms with Crippen molar-refractivity contribution in [3.05, 3.63) is 23.8 Å². The quantitative estimate of drug-likeness (QED) is 0.729. The summed E-state index contributed by atoms with van der Waals surface area (Å²) >= 11 is 0. The van der Waals surface area contributed by atoms with E-state index in [1.807, 2.05) is 11.9 Å². The normalized spacial score (nSPS) is 10.9.